The van der Waals surface area contributed by atoms with Crippen LogP contribution >= 0.6 is 0 Å². The van der Waals surface area contributed by atoms with Crippen LogP contribution in [0, 0.1) is 6.92 Å². The first kappa shape index (κ1) is 19.1. The first-order chi connectivity index (χ1) is 14.1. The first-order valence-electron chi connectivity index (χ1n) is 9.88. The molecule has 1 aliphatic rings. The van der Waals surface area contributed by atoms with E-state index in [2.05, 4.69) is 15.5 Å². The van der Waals surface area contributed by atoms with Crippen molar-refractivity contribution in [1.29, 1.82) is 0 Å². The van der Waals surface area contributed by atoms with Gasteiger partial charge < -0.3 is 20.5 Å². The molecule has 3 aromatic rings. The molecule has 0 bridgehead atoms. The van der Waals surface area contributed by atoms with Crippen molar-refractivity contribution in [1.82, 2.24) is 15.0 Å². The Hall–Kier alpha value is -3.19. The lowest BCUT2D eigenvalue weighted by Gasteiger charge is -2.31. The number of hydrogen-bond acceptors (Lipinski definition) is 5. The lowest BCUT2D eigenvalue weighted by atomic mass is 9.98. The normalized spacial score (nSPS) is 16.6. The predicted octanol–water partition coefficient (Wildman–Crippen LogP) is 3.92. The number of piperidine rings is 1. The lowest BCUT2D eigenvalue weighted by Crippen LogP contribution is -2.41. The van der Waals surface area contributed by atoms with Crippen LogP contribution < -0.4 is 11.1 Å². The fourth-order valence-corrected chi connectivity index (χ4v) is 3.60. The lowest BCUT2D eigenvalue weighted by molar-refractivity contribution is 0.184. The summed E-state index contributed by atoms with van der Waals surface area (Å²) < 4.78 is 5.53. The van der Waals surface area contributed by atoms with E-state index < -0.39 is 0 Å². The van der Waals surface area contributed by atoms with Crippen LogP contribution in [-0.4, -0.2) is 34.2 Å². The standard InChI is InChI=1S/C22H25N5O2/c1-15-4-2-6-19(12-15)24-22(28)27-11-3-5-18(14-27)21-25-20(26-29-21)17-9-7-16(13-23)8-10-17/h2,4,6-10,12,18H,3,5,11,13-14,23H2,1H3,(H,24,28). The molecule has 0 aliphatic carbocycles. The smallest absolute Gasteiger partial charge is 0.321 e. The molecule has 0 radical (unpaired) electrons. The molecule has 7 nitrogen and oxygen atoms in total. The molecule has 1 unspecified atom stereocenters. The maximum atomic E-state index is 12.7. The van der Waals surface area contributed by atoms with Crippen molar-refractivity contribution in [3.63, 3.8) is 0 Å². The van der Waals surface area contributed by atoms with Crippen molar-refractivity contribution in [2.75, 3.05) is 18.4 Å². The first-order valence-corrected chi connectivity index (χ1v) is 9.88. The summed E-state index contributed by atoms with van der Waals surface area (Å²) >= 11 is 0. The molecule has 2 heterocycles. The third-order valence-corrected chi connectivity index (χ3v) is 5.22. The van der Waals surface area contributed by atoms with Crippen LogP contribution in [-0.2, 0) is 6.54 Å². The van der Waals surface area contributed by atoms with Gasteiger partial charge in [-0.25, -0.2) is 4.79 Å². The second kappa shape index (κ2) is 8.45. The molecular formula is C22H25N5O2. The summed E-state index contributed by atoms with van der Waals surface area (Å²) in [5.74, 6) is 1.18. The van der Waals surface area contributed by atoms with Crippen LogP contribution in [0.4, 0.5) is 10.5 Å². The van der Waals surface area contributed by atoms with Gasteiger partial charge in [-0.3, -0.25) is 0 Å². The molecule has 1 atom stereocenters. The van der Waals surface area contributed by atoms with Gasteiger partial charge in [0.2, 0.25) is 11.7 Å². The van der Waals surface area contributed by atoms with E-state index in [1.807, 2.05) is 60.4 Å². The summed E-state index contributed by atoms with van der Waals surface area (Å²) in [6, 6.07) is 15.5. The highest BCUT2D eigenvalue weighted by Gasteiger charge is 2.28. The summed E-state index contributed by atoms with van der Waals surface area (Å²) in [4.78, 5) is 19.1. The van der Waals surface area contributed by atoms with E-state index in [4.69, 9.17) is 10.3 Å². The van der Waals surface area contributed by atoms with E-state index in [9.17, 15) is 4.79 Å². The molecule has 150 valence electrons. The number of carbonyl (C=O) groups excluding carboxylic acids is 1. The van der Waals surface area contributed by atoms with Gasteiger partial charge in [0, 0.05) is 30.9 Å². The quantitative estimate of drug-likeness (QED) is 0.703. The molecule has 1 aromatic heterocycles. The summed E-state index contributed by atoms with van der Waals surface area (Å²) in [5, 5.41) is 7.10. The van der Waals surface area contributed by atoms with Crippen LogP contribution in [0.3, 0.4) is 0 Å². The van der Waals surface area contributed by atoms with Gasteiger partial charge in [-0.15, -0.1) is 0 Å². The summed E-state index contributed by atoms with van der Waals surface area (Å²) in [6.07, 6.45) is 1.82. The third kappa shape index (κ3) is 4.46. The monoisotopic (exact) mass is 391 g/mol. The second-order valence-electron chi connectivity index (χ2n) is 7.44. The van der Waals surface area contributed by atoms with Gasteiger partial charge in [-0.1, -0.05) is 41.6 Å². The van der Waals surface area contributed by atoms with Gasteiger partial charge in [0.05, 0.1) is 5.92 Å². The van der Waals surface area contributed by atoms with Gasteiger partial charge in [0.25, 0.3) is 0 Å². The van der Waals surface area contributed by atoms with Crippen LogP contribution in [0.2, 0.25) is 0 Å². The number of nitrogens with one attached hydrogen (secondary N) is 1. The van der Waals surface area contributed by atoms with Crippen molar-refractivity contribution in [3.05, 3.63) is 65.5 Å². The molecule has 0 saturated carbocycles. The Balaban J connectivity index is 1.43. The largest absolute Gasteiger partial charge is 0.339 e. The Morgan fingerprint density at radius 2 is 2.10 bits per heavy atom. The highest BCUT2D eigenvalue weighted by molar-refractivity contribution is 5.89. The molecule has 2 aromatic carbocycles. The van der Waals surface area contributed by atoms with Crippen molar-refractivity contribution < 1.29 is 9.32 Å². The highest BCUT2D eigenvalue weighted by atomic mass is 16.5. The highest BCUT2D eigenvalue weighted by Crippen LogP contribution is 2.28. The van der Waals surface area contributed by atoms with Crippen LogP contribution in [0.1, 0.15) is 35.8 Å². The topological polar surface area (TPSA) is 97.3 Å². The Morgan fingerprint density at radius 3 is 2.86 bits per heavy atom. The van der Waals surface area contributed by atoms with Crippen LogP contribution in [0.25, 0.3) is 11.4 Å². The van der Waals surface area contributed by atoms with Gasteiger partial charge >= 0.3 is 6.03 Å². The minimum atomic E-state index is -0.0996. The number of nitrogens with two attached hydrogens (primary N) is 1. The van der Waals surface area contributed by atoms with Gasteiger partial charge in [-0.2, -0.15) is 4.98 Å². The Kier molecular flexibility index (Phi) is 5.57. The number of urea groups is 1. The Bertz CT molecular complexity index is 983. The number of likely N-dealkylation sites (tertiary alicyclic amines) is 1. The average molecular weight is 391 g/mol. The zero-order valence-electron chi connectivity index (χ0n) is 16.5. The fraction of sp³-hybridized carbons (Fsp3) is 0.318. The number of anilines is 1. The molecular weight excluding hydrogens is 366 g/mol. The Labute approximate surface area is 169 Å². The number of benzene rings is 2. The molecule has 4 rings (SSSR count). The van der Waals surface area contributed by atoms with E-state index in [0.29, 0.717) is 24.8 Å². The zero-order valence-corrected chi connectivity index (χ0v) is 16.5. The van der Waals surface area contributed by atoms with Gasteiger partial charge in [0.1, 0.15) is 0 Å². The van der Waals surface area contributed by atoms with E-state index >= 15 is 0 Å². The van der Waals surface area contributed by atoms with E-state index in [0.717, 1.165) is 41.8 Å². The molecule has 2 amide bonds. The van der Waals surface area contributed by atoms with Crippen molar-refractivity contribution in [3.8, 4) is 11.4 Å². The molecule has 29 heavy (non-hydrogen) atoms. The van der Waals surface area contributed by atoms with Gasteiger partial charge in [0.15, 0.2) is 0 Å². The maximum absolute atomic E-state index is 12.7. The van der Waals surface area contributed by atoms with Crippen molar-refractivity contribution in [2.24, 2.45) is 5.73 Å². The summed E-state index contributed by atoms with van der Waals surface area (Å²) in [6.45, 7) is 3.78. The predicted molar refractivity (Wildman–Crippen MR) is 111 cm³/mol. The number of amides is 2. The zero-order chi connectivity index (χ0) is 20.2. The fourth-order valence-electron chi connectivity index (χ4n) is 3.60. The molecule has 0 spiro atoms. The third-order valence-electron chi connectivity index (χ3n) is 5.22. The van der Waals surface area contributed by atoms with Crippen LogP contribution in [0.5, 0.6) is 0 Å². The van der Waals surface area contributed by atoms with E-state index in [1.54, 1.807) is 0 Å². The molecule has 7 heteroatoms. The SMILES string of the molecule is Cc1cccc(NC(=O)N2CCCC(c3nc(-c4ccc(CN)cc4)no3)C2)c1. The van der Waals surface area contributed by atoms with E-state index in [-0.39, 0.29) is 11.9 Å². The number of carbonyl (C=O) groups is 1. The molecule has 1 fully saturated rings. The summed E-state index contributed by atoms with van der Waals surface area (Å²) in [5.41, 5.74) is 9.51. The van der Waals surface area contributed by atoms with Crippen molar-refractivity contribution in [2.45, 2.75) is 32.2 Å². The van der Waals surface area contributed by atoms with Crippen LogP contribution in [0.15, 0.2) is 53.1 Å². The van der Waals surface area contributed by atoms with Gasteiger partial charge in [-0.05, 0) is 43.0 Å². The molecule has 1 aliphatic heterocycles. The number of aryl methyl sites for hydroxylation is 1. The number of rotatable bonds is 4. The van der Waals surface area contributed by atoms with Crippen molar-refractivity contribution >= 4 is 11.7 Å². The number of nitrogens with zero attached hydrogens (tertiary/aromatic N) is 3. The minimum absolute atomic E-state index is 0.0385. The Morgan fingerprint density at radius 1 is 1.28 bits per heavy atom. The molecule has 1 saturated heterocycles. The number of aromatic nitrogens is 2. The molecule has 3 N–H and O–H groups in total. The number of hydrogen-bond donors (Lipinski definition) is 2. The van der Waals surface area contributed by atoms with E-state index in [1.165, 1.54) is 0 Å². The average Bonchev–Trinajstić information content (AvgIpc) is 3.24. The summed E-state index contributed by atoms with van der Waals surface area (Å²) in [7, 11) is 0. The minimum Gasteiger partial charge on any atom is -0.339 e. The second-order valence-corrected chi connectivity index (χ2v) is 7.44. The maximum Gasteiger partial charge on any atom is 0.321 e.